The lowest BCUT2D eigenvalue weighted by Crippen LogP contribution is -2.15. The minimum atomic E-state index is -0.227. The monoisotopic (exact) mass is 211 g/mol. The number of nitrogens with one attached hydrogen (secondary N) is 1. The smallest absolute Gasteiger partial charge is 0.339 e. The van der Waals surface area contributed by atoms with Gasteiger partial charge in [-0.2, -0.15) is 11.3 Å². The molecule has 0 aromatic carbocycles. The Bertz CT molecular complexity index is 329. The van der Waals surface area contributed by atoms with Gasteiger partial charge in [-0.25, -0.2) is 4.79 Å². The molecule has 0 spiro atoms. The highest BCUT2D eigenvalue weighted by Gasteiger charge is 2.23. The van der Waals surface area contributed by atoms with Crippen LogP contribution in [0, 0.1) is 0 Å². The molecule has 1 saturated heterocycles. The van der Waals surface area contributed by atoms with Gasteiger partial charge in [0.2, 0.25) is 0 Å². The molecule has 2 heterocycles. The summed E-state index contributed by atoms with van der Waals surface area (Å²) in [6, 6.07) is 0.343. The fourth-order valence-corrected chi connectivity index (χ4v) is 2.68. The first-order valence-electron chi connectivity index (χ1n) is 4.70. The second kappa shape index (κ2) is 4.11. The molecule has 3 nitrogen and oxygen atoms in total. The van der Waals surface area contributed by atoms with Crippen LogP contribution in [0.1, 0.15) is 34.8 Å². The molecule has 0 bridgehead atoms. The van der Waals surface area contributed by atoms with Gasteiger partial charge < -0.3 is 10.1 Å². The van der Waals surface area contributed by atoms with Gasteiger partial charge in [-0.1, -0.05) is 0 Å². The number of ether oxygens (including phenoxy) is 1. The van der Waals surface area contributed by atoms with Crippen LogP contribution >= 0.6 is 11.3 Å². The molecule has 4 heteroatoms. The summed E-state index contributed by atoms with van der Waals surface area (Å²) in [7, 11) is 1.42. The average molecular weight is 211 g/mol. The van der Waals surface area contributed by atoms with E-state index in [0.29, 0.717) is 6.04 Å². The number of rotatable bonds is 2. The number of carbonyl (C=O) groups is 1. The Balaban J connectivity index is 2.24. The van der Waals surface area contributed by atoms with E-state index in [4.69, 9.17) is 4.74 Å². The minimum absolute atomic E-state index is 0.227. The molecule has 1 aliphatic rings. The first-order chi connectivity index (χ1) is 6.83. The molecule has 0 unspecified atom stereocenters. The molecule has 0 saturated carbocycles. The second-order valence-electron chi connectivity index (χ2n) is 3.38. The van der Waals surface area contributed by atoms with Gasteiger partial charge >= 0.3 is 5.97 Å². The number of hydrogen-bond donors (Lipinski definition) is 1. The van der Waals surface area contributed by atoms with Gasteiger partial charge in [-0.3, -0.25) is 0 Å². The maximum absolute atomic E-state index is 11.4. The molecule has 0 aliphatic carbocycles. The zero-order chi connectivity index (χ0) is 9.97. The van der Waals surface area contributed by atoms with E-state index in [1.807, 2.05) is 10.8 Å². The van der Waals surface area contributed by atoms with Crippen molar-refractivity contribution in [1.82, 2.24) is 5.32 Å². The van der Waals surface area contributed by atoms with Crippen molar-refractivity contribution in [2.45, 2.75) is 18.9 Å². The Labute approximate surface area is 87.1 Å². The number of hydrogen-bond acceptors (Lipinski definition) is 4. The summed E-state index contributed by atoms with van der Waals surface area (Å²) in [6.45, 7) is 1.04. The van der Waals surface area contributed by atoms with Crippen molar-refractivity contribution in [1.29, 1.82) is 0 Å². The molecule has 1 fully saturated rings. The average Bonchev–Trinajstić information content (AvgIpc) is 2.85. The molecule has 1 aromatic rings. The van der Waals surface area contributed by atoms with E-state index >= 15 is 0 Å². The lowest BCUT2D eigenvalue weighted by molar-refractivity contribution is 0.0599. The van der Waals surface area contributed by atoms with E-state index in [1.54, 1.807) is 11.3 Å². The Morgan fingerprint density at radius 3 is 3.14 bits per heavy atom. The van der Waals surface area contributed by atoms with Gasteiger partial charge in [0, 0.05) is 11.4 Å². The van der Waals surface area contributed by atoms with Crippen molar-refractivity contribution < 1.29 is 9.53 Å². The zero-order valence-electron chi connectivity index (χ0n) is 8.08. The van der Waals surface area contributed by atoms with Crippen LogP contribution in [0.5, 0.6) is 0 Å². The molecule has 0 amide bonds. The summed E-state index contributed by atoms with van der Waals surface area (Å²) in [5.41, 5.74) is 1.82. The summed E-state index contributed by atoms with van der Waals surface area (Å²) in [5.74, 6) is -0.227. The summed E-state index contributed by atoms with van der Waals surface area (Å²) in [5, 5.41) is 7.28. The SMILES string of the molecule is COC(=O)c1cscc1[C@@H]1CCCN1. The molecular formula is C10H13NO2S. The fraction of sp³-hybridized carbons (Fsp3) is 0.500. The Morgan fingerprint density at radius 1 is 1.64 bits per heavy atom. The lowest BCUT2D eigenvalue weighted by atomic mass is 10.0. The van der Waals surface area contributed by atoms with E-state index in [2.05, 4.69) is 5.32 Å². The van der Waals surface area contributed by atoms with Crippen molar-refractivity contribution in [2.75, 3.05) is 13.7 Å². The normalized spacial score (nSPS) is 21.1. The van der Waals surface area contributed by atoms with Crippen LogP contribution in [0.15, 0.2) is 10.8 Å². The summed E-state index contributed by atoms with van der Waals surface area (Å²) < 4.78 is 4.73. The van der Waals surface area contributed by atoms with E-state index in [0.717, 1.165) is 24.1 Å². The van der Waals surface area contributed by atoms with Gasteiger partial charge in [0.05, 0.1) is 12.7 Å². The quantitative estimate of drug-likeness (QED) is 0.760. The number of carbonyl (C=O) groups excluding carboxylic acids is 1. The molecule has 2 rings (SSSR count). The van der Waals surface area contributed by atoms with Crippen LogP contribution in [0.3, 0.4) is 0 Å². The highest BCUT2D eigenvalue weighted by atomic mass is 32.1. The molecule has 1 atom stereocenters. The lowest BCUT2D eigenvalue weighted by Gasteiger charge is -2.09. The second-order valence-corrected chi connectivity index (χ2v) is 4.12. The van der Waals surface area contributed by atoms with Crippen molar-refractivity contribution in [3.63, 3.8) is 0 Å². The van der Waals surface area contributed by atoms with Gasteiger partial charge in [0.25, 0.3) is 0 Å². The van der Waals surface area contributed by atoms with E-state index in [1.165, 1.54) is 13.5 Å². The minimum Gasteiger partial charge on any atom is -0.465 e. The molecule has 14 heavy (non-hydrogen) atoms. The van der Waals surface area contributed by atoms with Crippen LogP contribution in [-0.2, 0) is 4.74 Å². The maximum atomic E-state index is 11.4. The molecule has 1 aliphatic heterocycles. The Kier molecular flexibility index (Phi) is 2.84. The Hall–Kier alpha value is -0.870. The first kappa shape index (κ1) is 9.68. The van der Waals surface area contributed by atoms with Gasteiger partial charge in [-0.05, 0) is 30.3 Å². The van der Waals surface area contributed by atoms with E-state index in [9.17, 15) is 4.79 Å². The van der Waals surface area contributed by atoms with Crippen molar-refractivity contribution in [3.05, 3.63) is 21.9 Å². The van der Waals surface area contributed by atoms with Crippen LogP contribution < -0.4 is 5.32 Å². The number of thiophene rings is 1. The third-order valence-electron chi connectivity index (χ3n) is 2.53. The maximum Gasteiger partial charge on any atom is 0.339 e. The topological polar surface area (TPSA) is 38.3 Å². The van der Waals surface area contributed by atoms with Gasteiger partial charge in [-0.15, -0.1) is 0 Å². The molecular weight excluding hydrogens is 198 g/mol. The Morgan fingerprint density at radius 2 is 2.50 bits per heavy atom. The van der Waals surface area contributed by atoms with E-state index < -0.39 is 0 Å². The molecule has 1 N–H and O–H groups in total. The number of esters is 1. The zero-order valence-corrected chi connectivity index (χ0v) is 8.89. The number of methoxy groups -OCH3 is 1. The van der Waals surface area contributed by atoms with Crippen LogP contribution in [0.25, 0.3) is 0 Å². The molecule has 1 aromatic heterocycles. The first-order valence-corrected chi connectivity index (χ1v) is 5.65. The van der Waals surface area contributed by atoms with E-state index in [-0.39, 0.29) is 5.97 Å². The molecule has 0 radical (unpaired) electrons. The summed E-state index contributed by atoms with van der Waals surface area (Å²) >= 11 is 1.56. The van der Waals surface area contributed by atoms with Crippen LogP contribution in [0.2, 0.25) is 0 Å². The van der Waals surface area contributed by atoms with Crippen molar-refractivity contribution in [3.8, 4) is 0 Å². The van der Waals surface area contributed by atoms with Crippen molar-refractivity contribution >= 4 is 17.3 Å². The predicted molar refractivity (Wildman–Crippen MR) is 55.6 cm³/mol. The largest absolute Gasteiger partial charge is 0.465 e. The third kappa shape index (κ3) is 1.67. The third-order valence-corrected chi connectivity index (χ3v) is 3.29. The van der Waals surface area contributed by atoms with Gasteiger partial charge in [0.1, 0.15) is 0 Å². The highest BCUT2D eigenvalue weighted by Crippen LogP contribution is 2.29. The van der Waals surface area contributed by atoms with Crippen LogP contribution in [0.4, 0.5) is 0 Å². The highest BCUT2D eigenvalue weighted by molar-refractivity contribution is 7.08. The van der Waals surface area contributed by atoms with Gasteiger partial charge in [0.15, 0.2) is 0 Å². The predicted octanol–water partition coefficient (Wildman–Crippen LogP) is 1.96. The summed E-state index contributed by atoms with van der Waals surface area (Å²) in [6.07, 6.45) is 2.29. The fourth-order valence-electron chi connectivity index (χ4n) is 1.80. The standard InChI is InChI=1S/C10H13NO2S/c1-13-10(12)8-6-14-5-7(8)9-3-2-4-11-9/h5-6,9,11H,2-4H2,1H3/t9-/m0/s1. The van der Waals surface area contributed by atoms with Crippen LogP contribution in [-0.4, -0.2) is 19.6 Å². The summed E-state index contributed by atoms with van der Waals surface area (Å²) in [4.78, 5) is 11.4. The molecule has 76 valence electrons. The van der Waals surface area contributed by atoms with Crippen molar-refractivity contribution in [2.24, 2.45) is 0 Å².